The molecule has 16 heavy (non-hydrogen) atoms. The zero-order valence-corrected chi connectivity index (χ0v) is 9.54. The van der Waals surface area contributed by atoms with E-state index in [9.17, 15) is 4.79 Å². The number of nitrogens with two attached hydrogens (primary N) is 1. The topological polar surface area (TPSA) is 68.0 Å². The Balaban J connectivity index is 2.11. The zero-order chi connectivity index (χ0) is 11.5. The number of thiazole rings is 1. The summed E-state index contributed by atoms with van der Waals surface area (Å²) in [7, 11) is 0. The van der Waals surface area contributed by atoms with Gasteiger partial charge in [0.05, 0.1) is 0 Å². The van der Waals surface area contributed by atoms with E-state index in [1.54, 1.807) is 30.5 Å². The molecule has 1 aromatic heterocycles. The molecule has 0 atom stereocenters. The van der Waals surface area contributed by atoms with Gasteiger partial charge in [-0.3, -0.25) is 10.1 Å². The number of carbonyl (C=O) groups is 1. The number of benzene rings is 1. The van der Waals surface area contributed by atoms with Gasteiger partial charge in [-0.25, -0.2) is 4.98 Å². The van der Waals surface area contributed by atoms with Crippen LogP contribution in [0, 0.1) is 6.92 Å². The van der Waals surface area contributed by atoms with Crippen molar-refractivity contribution in [1.82, 2.24) is 4.98 Å². The summed E-state index contributed by atoms with van der Waals surface area (Å²) < 4.78 is 0. The highest BCUT2D eigenvalue weighted by atomic mass is 32.1. The summed E-state index contributed by atoms with van der Waals surface area (Å²) in [5, 5.41) is 3.34. The van der Waals surface area contributed by atoms with Crippen LogP contribution >= 0.6 is 11.3 Å². The maximum absolute atomic E-state index is 11.7. The van der Waals surface area contributed by atoms with Crippen molar-refractivity contribution in [3.8, 4) is 0 Å². The van der Waals surface area contributed by atoms with Crippen molar-refractivity contribution in [3.05, 3.63) is 40.9 Å². The second kappa shape index (κ2) is 4.32. The number of rotatable bonds is 2. The van der Waals surface area contributed by atoms with Crippen LogP contribution in [0.25, 0.3) is 0 Å². The average molecular weight is 233 g/mol. The van der Waals surface area contributed by atoms with Gasteiger partial charge in [0.15, 0.2) is 5.13 Å². The molecule has 82 valence electrons. The monoisotopic (exact) mass is 233 g/mol. The normalized spacial score (nSPS) is 10.1. The number of aromatic nitrogens is 1. The minimum Gasteiger partial charge on any atom is -0.399 e. The number of hydrogen-bond acceptors (Lipinski definition) is 4. The number of aryl methyl sites for hydroxylation is 1. The van der Waals surface area contributed by atoms with E-state index >= 15 is 0 Å². The van der Waals surface area contributed by atoms with Gasteiger partial charge < -0.3 is 5.73 Å². The molecule has 1 heterocycles. The molecule has 0 spiro atoms. The minimum absolute atomic E-state index is 0.172. The predicted molar refractivity (Wildman–Crippen MR) is 65.7 cm³/mol. The third-order valence-electron chi connectivity index (χ3n) is 2.01. The van der Waals surface area contributed by atoms with Crippen LogP contribution in [0.15, 0.2) is 30.5 Å². The molecule has 2 rings (SSSR count). The number of hydrogen-bond donors (Lipinski definition) is 2. The average Bonchev–Trinajstić information content (AvgIpc) is 2.65. The predicted octanol–water partition coefficient (Wildman–Crippen LogP) is 2.29. The summed E-state index contributed by atoms with van der Waals surface area (Å²) in [6.45, 7) is 1.94. The zero-order valence-electron chi connectivity index (χ0n) is 8.73. The van der Waals surface area contributed by atoms with E-state index in [0.29, 0.717) is 16.4 Å². The van der Waals surface area contributed by atoms with Gasteiger partial charge in [-0.2, -0.15) is 0 Å². The van der Waals surface area contributed by atoms with Crippen LogP contribution in [0.5, 0.6) is 0 Å². The van der Waals surface area contributed by atoms with E-state index in [1.807, 2.05) is 6.92 Å². The Morgan fingerprint density at radius 1 is 1.38 bits per heavy atom. The molecule has 0 aliphatic heterocycles. The third kappa shape index (κ3) is 2.38. The van der Waals surface area contributed by atoms with Gasteiger partial charge in [0.1, 0.15) is 0 Å². The minimum atomic E-state index is -0.172. The largest absolute Gasteiger partial charge is 0.399 e. The number of nitrogen functional groups attached to an aromatic ring is 1. The highest BCUT2D eigenvalue weighted by Gasteiger charge is 2.07. The van der Waals surface area contributed by atoms with Gasteiger partial charge in [-0.15, -0.1) is 11.3 Å². The van der Waals surface area contributed by atoms with E-state index < -0.39 is 0 Å². The molecule has 3 N–H and O–H groups in total. The fourth-order valence-electron chi connectivity index (χ4n) is 1.22. The molecule has 0 unspecified atom stereocenters. The van der Waals surface area contributed by atoms with Crippen molar-refractivity contribution in [2.45, 2.75) is 6.92 Å². The molecule has 0 saturated heterocycles. The highest BCUT2D eigenvalue weighted by molar-refractivity contribution is 7.15. The van der Waals surface area contributed by atoms with Crippen molar-refractivity contribution in [2.75, 3.05) is 11.1 Å². The first-order chi connectivity index (χ1) is 7.65. The number of nitrogens with zero attached hydrogens (tertiary/aromatic N) is 1. The fourth-order valence-corrected chi connectivity index (χ4v) is 1.88. The van der Waals surface area contributed by atoms with E-state index in [-0.39, 0.29) is 5.91 Å². The SMILES string of the molecule is Cc1cnc(NC(=O)c2ccc(N)cc2)s1. The lowest BCUT2D eigenvalue weighted by molar-refractivity contribution is 0.102. The van der Waals surface area contributed by atoms with E-state index in [2.05, 4.69) is 10.3 Å². The van der Waals surface area contributed by atoms with Crippen molar-refractivity contribution < 1.29 is 4.79 Å². The lowest BCUT2D eigenvalue weighted by Crippen LogP contribution is -2.11. The first-order valence-corrected chi connectivity index (χ1v) is 5.56. The Labute approximate surface area is 97.1 Å². The molecule has 1 amide bonds. The molecule has 0 fully saturated rings. The van der Waals surface area contributed by atoms with Gasteiger partial charge >= 0.3 is 0 Å². The van der Waals surface area contributed by atoms with Gasteiger partial charge in [-0.1, -0.05) is 0 Å². The Bertz CT molecular complexity index is 504. The molecular weight excluding hydrogens is 222 g/mol. The van der Waals surface area contributed by atoms with Crippen molar-refractivity contribution in [1.29, 1.82) is 0 Å². The maximum Gasteiger partial charge on any atom is 0.257 e. The van der Waals surface area contributed by atoms with Crippen LogP contribution in [0.1, 0.15) is 15.2 Å². The Hall–Kier alpha value is -1.88. The number of carbonyl (C=O) groups excluding carboxylic acids is 1. The number of amides is 1. The third-order valence-corrected chi connectivity index (χ3v) is 2.84. The molecule has 0 saturated carbocycles. The summed E-state index contributed by atoms with van der Waals surface area (Å²) in [6.07, 6.45) is 1.73. The molecule has 5 heteroatoms. The summed E-state index contributed by atoms with van der Waals surface area (Å²) in [5.41, 5.74) is 6.75. The van der Waals surface area contributed by atoms with E-state index in [4.69, 9.17) is 5.73 Å². The van der Waals surface area contributed by atoms with Crippen LogP contribution in [-0.4, -0.2) is 10.9 Å². The molecule has 0 aliphatic carbocycles. The van der Waals surface area contributed by atoms with E-state index in [1.165, 1.54) is 11.3 Å². The molecule has 0 aliphatic rings. The Morgan fingerprint density at radius 2 is 2.06 bits per heavy atom. The molecule has 0 bridgehead atoms. The van der Waals surface area contributed by atoms with Crippen LogP contribution < -0.4 is 11.1 Å². The maximum atomic E-state index is 11.7. The lowest BCUT2D eigenvalue weighted by atomic mass is 10.2. The van der Waals surface area contributed by atoms with Crippen LogP contribution in [-0.2, 0) is 0 Å². The summed E-state index contributed by atoms with van der Waals surface area (Å²) in [5.74, 6) is -0.172. The van der Waals surface area contributed by atoms with Crippen molar-refractivity contribution in [2.24, 2.45) is 0 Å². The number of anilines is 2. The quantitative estimate of drug-likeness (QED) is 0.782. The lowest BCUT2D eigenvalue weighted by Gasteiger charge is -2.01. The highest BCUT2D eigenvalue weighted by Crippen LogP contribution is 2.17. The molecular formula is C11H11N3OS. The van der Waals surface area contributed by atoms with Gasteiger partial charge in [0.2, 0.25) is 0 Å². The summed E-state index contributed by atoms with van der Waals surface area (Å²) in [6, 6.07) is 6.76. The van der Waals surface area contributed by atoms with Crippen LogP contribution in [0.2, 0.25) is 0 Å². The van der Waals surface area contributed by atoms with Gasteiger partial charge in [0, 0.05) is 22.3 Å². The second-order valence-electron chi connectivity index (χ2n) is 3.35. The first kappa shape index (κ1) is 10.6. The first-order valence-electron chi connectivity index (χ1n) is 4.74. The summed E-state index contributed by atoms with van der Waals surface area (Å²) >= 11 is 1.45. The smallest absolute Gasteiger partial charge is 0.257 e. The second-order valence-corrected chi connectivity index (χ2v) is 4.59. The van der Waals surface area contributed by atoms with Crippen LogP contribution in [0.3, 0.4) is 0 Å². The molecule has 1 aromatic carbocycles. The van der Waals surface area contributed by atoms with Crippen molar-refractivity contribution >= 4 is 28.1 Å². The molecule has 2 aromatic rings. The Kier molecular flexibility index (Phi) is 2.87. The van der Waals surface area contributed by atoms with E-state index in [0.717, 1.165) is 4.88 Å². The molecule has 0 radical (unpaired) electrons. The standard InChI is InChI=1S/C11H11N3OS/c1-7-6-13-11(16-7)14-10(15)8-2-4-9(12)5-3-8/h2-6H,12H2,1H3,(H,13,14,15). The van der Waals surface area contributed by atoms with Crippen molar-refractivity contribution in [3.63, 3.8) is 0 Å². The summed E-state index contributed by atoms with van der Waals surface area (Å²) in [4.78, 5) is 16.9. The Morgan fingerprint density at radius 3 is 2.62 bits per heavy atom. The fraction of sp³-hybridized carbons (Fsp3) is 0.0909. The van der Waals surface area contributed by atoms with Gasteiger partial charge in [0.25, 0.3) is 5.91 Å². The van der Waals surface area contributed by atoms with Crippen LogP contribution in [0.4, 0.5) is 10.8 Å². The molecule has 4 nitrogen and oxygen atoms in total. The van der Waals surface area contributed by atoms with Gasteiger partial charge in [-0.05, 0) is 31.2 Å². The number of nitrogens with one attached hydrogen (secondary N) is 1.